The van der Waals surface area contributed by atoms with E-state index in [1.807, 2.05) is 0 Å². The van der Waals surface area contributed by atoms with Gasteiger partial charge in [-0.3, -0.25) is 9.69 Å². The van der Waals surface area contributed by atoms with Crippen LogP contribution in [0.2, 0.25) is 15.1 Å². The molecule has 20 heavy (non-hydrogen) atoms. The highest BCUT2D eigenvalue weighted by Crippen LogP contribution is 2.33. The summed E-state index contributed by atoms with van der Waals surface area (Å²) in [7, 11) is 0. The smallest absolute Gasteiger partial charge is 0.238 e. The van der Waals surface area contributed by atoms with E-state index in [0.717, 1.165) is 19.6 Å². The normalized spacial score (nSPS) is 19.9. The first-order valence-electron chi connectivity index (χ1n) is 6.36. The number of anilines is 1. The summed E-state index contributed by atoms with van der Waals surface area (Å²) in [5, 5.41) is 7.19. The molecule has 1 saturated heterocycles. The number of amides is 1. The minimum absolute atomic E-state index is 0.134. The number of carbonyl (C=O) groups is 1. The number of halogens is 3. The van der Waals surface area contributed by atoms with Gasteiger partial charge in [-0.1, -0.05) is 34.8 Å². The van der Waals surface area contributed by atoms with E-state index in [9.17, 15) is 4.79 Å². The minimum atomic E-state index is -0.134. The third-order valence-corrected chi connectivity index (χ3v) is 3.91. The average molecular weight is 337 g/mol. The Morgan fingerprint density at radius 3 is 2.65 bits per heavy atom. The van der Waals surface area contributed by atoms with Crippen molar-refractivity contribution in [1.82, 2.24) is 10.2 Å². The van der Waals surface area contributed by atoms with Crippen LogP contribution in [0.5, 0.6) is 0 Å². The third kappa shape index (κ3) is 4.24. The van der Waals surface area contributed by atoms with Gasteiger partial charge in [-0.05, 0) is 19.1 Å². The molecule has 110 valence electrons. The van der Waals surface area contributed by atoms with E-state index in [1.54, 1.807) is 12.1 Å². The zero-order valence-electron chi connectivity index (χ0n) is 11.0. The Morgan fingerprint density at radius 1 is 1.40 bits per heavy atom. The van der Waals surface area contributed by atoms with Crippen LogP contribution in [0, 0.1) is 0 Å². The van der Waals surface area contributed by atoms with Crippen LogP contribution in [0.3, 0.4) is 0 Å². The highest BCUT2D eigenvalue weighted by atomic mass is 35.5. The minimum Gasteiger partial charge on any atom is -0.322 e. The molecule has 1 aliphatic rings. The number of nitrogens with one attached hydrogen (secondary N) is 2. The van der Waals surface area contributed by atoms with Crippen LogP contribution >= 0.6 is 34.8 Å². The van der Waals surface area contributed by atoms with Gasteiger partial charge >= 0.3 is 0 Å². The molecule has 0 bridgehead atoms. The lowest BCUT2D eigenvalue weighted by Gasteiger charge is -2.31. The van der Waals surface area contributed by atoms with Crippen molar-refractivity contribution in [3.05, 3.63) is 27.2 Å². The second-order valence-electron chi connectivity index (χ2n) is 4.88. The number of carbonyl (C=O) groups excluding carboxylic acids is 1. The predicted octanol–water partition coefficient (Wildman–Crippen LogP) is 2.88. The van der Waals surface area contributed by atoms with E-state index in [4.69, 9.17) is 34.8 Å². The summed E-state index contributed by atoms with van der Waals surface area (Å²) in [5.74, 6) is -0.134. The molecule has 4 nitrogen and oxygen atoms in total. The van der Waals surface area contributed by atoms with Gasteiger partial charge in [-0.15, -0.1) is 0 Å². The van der Waals surface area contributed by atoms with Crippen LogP contribution < -0.4 is 10.6 Å². The van der Waals surface area contributed by atoms with E-state index >= 15 is 0 Å². The summed E-state index contributed by atoms with van der Waals surface area (Å²) in [5.41, 5.74) is 0.408. The lowest BCUT2D eigenvalue weighted by molar-refractivity contribution is -0.117. The van der Waals surface area contributed by atoms with Crippen molar-refractivity contribution >= 4 is 46.4 Å². The first kappa shape index (κ1) is 15.9. The summed E-state index contributed by atoms with van der Waals surface area (Å²) in [4.78, 5) is 14.1. The Balaban J connectivity index is 1.98. The molecule has 7 heteroatoms. The summed E-state index contributed by atoms with van der Waals surface area (Å²) in [6.45, 7) is 4.99. The van der Waals surface area contributed by atoms with Gasteiger partial charge < -0.3 is 10.6 Å². The highest BCUT2D eigenvalue weighted by molar-refractivity contribution is 6.42. The van der Waals surface area contributed by atoms with Crippen LogP contribution in [-0.2, 0) is 4.79 Å². The topological polar surface area (TPSA) is 44.4 Å². The quantitative estimate of drug-likeness (QED) is 0.892. The molecule has 1 aromatic carbocycles. The fourth-order valence-electron chi connectivity index (χ4n) is 2.20. The number of hydrogen-bond acceptors (Lipinski definition) is 3. The molecule has 0 aromatic heterocycles. The molecule has 1 atom stereocenters. The lowest BCUT2D eigenvalue weighted by Crippen LogP contribution is -2.51. The summed E-state index contributed by atoms with van der Waals surface area (Å²) in [6, 6.07) is 3.49. The van der Waals surface area contributed by atoms with Gasteiger partial charge in [-0.25, -0.2) is 0 Å². The van der Waals surface area contributed by atoms with Crippen LogP contribution in [0.15, 0.2) is 12.1 Å². The van der Waals surface area contributed by atoms with E-state index in [2.05, 4.69) is 22.5 Å². The SMILES string of the molecule is CC1CN(CC(=O)Nc2c(Cl)cc(Cl)cc2Cl)CCN1. The summed E-state index contributed by atoms with van der Waals surface area (Å²) in [6.07, 6.45) is 0. The zero-order chi connectivity index (χ0) is 14.7. The van der Waals surface area contributed by atoms with Crippen LogP contribution in [0.4, 0.5) is 5.69 Å². The average Bonchev–Trinajstić information content (AvgIpc) is 2.33. The molecule has 2 rings (SSSR count). The maximum atomic E-state index is 12.1. The number of benzene rings is 1. The first-order valence-corrected chi connectivity index (χ1v) is 7.49. The Bertz CT molecular complexity index is 487. The van der Waals surface area contributed by atoms with E-state index < -0.39 is 0 Å². The molecule has 1 aliphatic heterocycles. The summed E-state index contributed by atoms with van der Waals surface area (Å²) < 4.78 is 0. The Kier molecular flexibility index (Phi) is 5.52. The molecule has 1 fully saturated rings. The molecule has 1 heterocycles. The van der Waals surface area contributed by atoms with Crippen LogP contribution in [0.1, 0.15) is 6.92 Å². The molecule has 0 radical (unpaired) electrons. The summed E-state index contributed by atoms with van der Waals surface area (Å²) >= 11 is 17.9. The van der Waals surface area contributed by atoms with Crippen LogP contribution in [0.25, 0.3) is 0 Å². The van der Waals surface area contributed by atoms with Crippen LogP contribution in [-0.4, -0.2) is 43.0 Å². The molecule has 0 aliphatic carbocycles. The second kappa shape index (κ2) is 6.96. The van der Waals surface area contributed by atoms with E-state index in [1.165, 1.54) is 0 Å². The predicted molar refractivity (Wildman–Crippen MR) is 84.0 cm³/mol. The maximum Gasteiger partial charge on any atom is 0.238 e. The Morgan fingerprint density at radius 2 is 2.05 bits per heavy atom. The van der Waals surface area contributed by atoms with Gasteiger partial charge in [-0.2, -0.15) is 0 Å². The molecular formula is C13H16Cl3N3O. The van der Waals surface area contributed by atoms with Crippen molar-refractivity contribution in [3.63, 3.8) is 0 Å². The number of hydrogen-bond donors (Lipinski definition) is 2. The van der Waals surface area contributed by atoms with Crippen molar-refractivity contribution in [2.45, 2.75) is 13.0 Å². The second-order valence-corrected chi connectivity index (χ2v) is 6.13. The third-order valence-electron chi connectivity index (χ3n) is 3.09. The van der Waals surface area contributed by atoms with Gasteiger partial charge in [0.1, 0.15) is 0 Å². The van der Waals surface area contributed by atoms with Crippen molar-refractivity contribution in [3.8, 4) is 0 Å². The van der Waals surface area contributed by atoms with Gasteiger partial charge in [0.25, 0.3) is 0 Å². The van der Waals surface area contributed by atoms with E-state index in [0.29, 0.717) is 33.3 Å². The molecule has 2 N–H and O–H groups in total. The standard InChI is InChI=1S/C13H16Cl3N3O/c1-8-6-19(3-2-17-8)7-12(20)18-13-10(15)4-9(14)5-11(13)16/h4-5,8,17H,2-3,6-7H2,1H3,(H,18,20). The molecule has 1 aromatic rings. The first-order chi connectivity index (χ1) is 9.45. The van der Waals surface area contributed by atoms with E-state index in [-0.39, 0.29) is 5.91 Å². The monoisotopic (exact) mass is 335 g/mol. The number of rotatable bonds is 3. The largest absolute Gasteiger partial charge is 0.322 e. The Labute approximate surface area is 133 Å². The van der Waals surface area contributed by atoms with Crippen molar-refractivity contribution in [2.75, 3.05) is 31.5 Å². The van der Waals surface area contributed by atoms with Gasteiger partial charge in [0.15, 0.2) is 0 Å². The highest BCUT2D eigenvalue weighted by Gasteiger charge is 2.19. The fraction of sp³-hybridized carbons (Fsp3) is 0.462. The van der Waals surface area contributed by atoms with Gasteiger partial charge in [0.2, 0.25) is 5.91 Å². The zero-order valence-corrected chi connectivity index (χ0v) is 13.3. The van der Waals surface area contributed by atoms with Gasteiger partial charge in [0, 0.05) is 30.7 Å². The molecular weight excluding hydrogens is 321 g/mol. The Hall–Kier alpha value is -0.520. The van der Waals surface area contributed by atoms with Gasteiger partial charge in [0.05, 0.1) is 22.3 Å². The molecule has 1 unspecified atom stereocenters. The molecule has 0 spiro atoms. The lowest BCUT2D eigenvalue weighted by atomic mass is 10.2. The molecule has 1 amide bonds. The van der Waals surface area contributed by atoms with Crippen molar-refractivity contribution < 1.29 is 4.79 Å². The number of nitrogens with zero attached hydrogens (tertiary/aromatic N) is 1. The number of piperazine rings is 1. The fourth-order valence-corrected chi connectivity index (χ4v) is 3.11. The van der Waals surface area contributed by atoms with Crippen molar-refractivity contribution in [1.29, 1.82) is 0 Å². The maximum absolute atomic E-state index is 12.1. The van der Waals surface area contributed by atoms with Crippen molar-refractivity contribution in [2.24, 2.45) is 0 Å². The molecule has 0 saturated carbocycles.